The van der Waals surface area contributed by atoms with E-state index in [2.05, 4.69) is 11.2 Å². The lowest BCUT2D eigenvalue weighted by molar-refractivity contribution is -0.131. The Morgan fingerprint density at radius 1 is 1.73 bits per heavy atom. The molecule has 1 rings (SSSR count). The lowest BCUT2D eigenvalue weighted by Gasteiger charge is -2.28. The topological polar surface area (TPSA) is 41.6 Å². The molecule has 0 aromatic rings. The summed E-state index contributed by atoms with van der Waals surface area (Å²) >= 11 is 0. The van der Waals surface area contributed by atoms with Gasteiger partial charge in [-0.25, -0.2) is 0 Å². The second kappa shape index (κ2) is 6.44. The Labute approximate surface area is 91.0 Å². The molecule has 0 aromatic heterocycles. The number of nitrogens with zero attached hydrogens (tertiary/aromatic N) is 1. The summed E-state index contributed by atoms with van der Waals surface area (Å²) in [6.45, 7) is 3.06. The van der Waals surface area contributed by atoms with Gasteiger partial charge in [-0.1, -0.05) is 0 Å². The summed E-state index contributed by atoms with van der Waals surface area (Å²) in [6.07, 6.45) is 6.15. The third-order valence-electron chi connectivity index (χ3n) is 2.39. The molecule has 0 aromatic carbocycles. The van der Waals surface area contributed by atoms with Crippen molar-refractivity contribution in [2.24, 2.45) is 0 Å². The van der Waals surface area contributed by atoms with Crippen molar-refractivity contribution in [1.82, 2.24) is 10.2 Å². The molecule has 1 saturated heterocycles. The van der Waals surface area contributed by atoms with E-state index in [1.807, 2.05) is 0 Å². The van der Waals surface area contributed by atoms with Crippen molar-refractivity contribution in [1.29, 1.82) is 0 Å². The van der Waals surface area contributed by atoms with Crippen LogP contribution in [0.5, 0.6) is 0 Å². The highest BCUT2D eigenvalue weighted by atomic mass is 16.5. The minimum absolute atomic E-state index is 0.0853. The molecule has 15 heavy (non-hydrogen) atoms. The molecule has 1 N–H and O–H groups in total. The van der Waals surface area contributed by atoms with Crippen LogP contribution in [0.1, 0.15) is 12.8 Å². The molecule has 4 nitrogen and oxygen atoms in total. The molecule has 1 atom stereocenters. The molecule has 1 aliphatic heterocycles. The number of hydrogen-bond donors (Lipinski definition) is 1. The molecule has 1 amide bonds. The number of morpholine rings is 1. The summed E-state index contributed by atoms with van der Waals surface area (Å²) in [6, 6.07) is 0. The zero-order valence-corrected chi connectivity index (χ0v) is 9.16. The number of amides is 1. The fraction of sp³-hybridized carbons (Fsp3) is 0.727. The maximum Gasteiger partial charge on any atom is 0.223 e. The van der Waals surface area contributed by atoms with E-state index in [1.165, 1.54) is 0 Å². The van der Waals surface area contributed by atoms with E-state index in [1.54, 1.807) is 11.9 Å². The molecular weight excluding hydrogens is 192 g/mol. The normalized spacial score (nSPS) is 20.7. The average molecular weight is 210 g/mol. The standard InChI is InChI=1S/C11H18N2O2/c1-3-4-5-11(14)13(2)9-10-8-12-6-7-15-10/h1,10,12H,4-9H2,2H3. The first-order chi connectivity index (χ1) is 7.24. The van der Waals surface area contributed by atoms with Gasteiger partial charge in [0, 0.05) is 39.5 Å². The average Bonchev–Trinajstić information content (AvgIpc) is 2.27. The first-order valence-electron chi connectivity index (χ1n) is 5.23. The third-order valence-corrected chi connectivity index (χ3v) is 2.39. The molecule has 1 heterocycles. The maximum atomic E-state index is 11.5. The van der Waals surface area contributed by atoms with Crippen molar-refractivity contribution in [3.05, 3.63) is 0 Å². The molecule has 0 radical (unpaired) electrons. The molecule has 0 aliphatic carbocycles. The summed E-state index contributed by atoms with van der Waals surface area (Å²) in [5, 5.41) is 3.23. The van der Waals surface area contributed by atoms with E-state index in [-0.39, 0.29) is 12.0 Å². The number of likely N-dealkylation sites (N-methyl/N-ethyl adjacent to an activating group) is 1. The SMILES string of the molecule is C#CCCC(=O)N(C)CC1CNCCO1. The van der Waals surface area contributed by atoms with E-state index < -0.39 is 0 Å². The van der Waals surface area contributed by atoms with Crippen molar-refractivity contribution >= 4 is 5.91 Å². The highest BCUT2D eigenvalue weighted by molar-refractivity contribution is 5.76. The lowest BCUT2D eigenvalue weighted by atomic mass is 10.2. The van der Waals surface area contributed by atoms with E-state index in [9.17, 15) is 4.79 Å². The Bertz CT molecular complexity index is 241. The summed E-state index contributed by atoms with van der Waals surface area (Å²) in [5.41, 5.74) is 0. The Morgan fingerprint density at radius 3 is 3.13 bits per heavy atom. The fourth-order valence-electron chi connectivity index (χ4n) is 1.51. The van der Waals surface area contributed by atoms with Crippen LogP contribution in [0.3, 0.4) is 0 Å². The summed E-state index contributed by atoms with van der Waals surface area (Å²) in [5.74, 6) is 2.55. The fourth-order valence-corrected chi connectivity index (χ4v) is 1.51. The van der Waals surface area contributed by atoms with Crippen molar-refractivity contribution in [2.45, 2.75) is 18.9 Å². The predicted molar refractivity (Wildman–Crippen MR) is 58.3 cm³/mol. The molecule has 1 unspecified atom stereocenters. The van der Waals surface area contributed by atoms with Crippen LogP contribution in [-0.2, 0) is 9.53 Å². The molecule has 84 valence electrons. The predicted octanol–water partition coefficient (Wildman–Crippen LogP) is -0.153. The van der Waals surface area contributed by atoms with Crippen molar-refractivity contribution < 1.29 is 9.53 Å². The Hall–Kier alpha value is -1.05. The van der Waals surface area contributed by atoms with E-state index in [0.717, 1.165) is 19.7 Å². The first kappa shape index (κ1) is 12.0. The van der Waals surface area contributed by atoms with Crippen molar-refractivity contribution in [3.8, 4) is 12.3 Å². The van der Waals surface area contributed by atoms with Crippen LogP contribution in [0.2, 0.25) is 0 Å². The number of hydrogen-bond acceptors (Lipinski definition) is 3. The zero-order valence-electron chi connectivity index (χ0n) is 9.16. The van der Waals surface area contributed by atoms with Crippen LogP contribution in [0.25, 0.3) is 0 Å². The molecule has 1 fully saturated rings. The highest BCUT2D eigenvalue weighted by Gasteiger charge is 2.17. The molecule has 0 bridgehead atoms. The zero-order chi connectivity index (χ0) is 11.1. The highest BCUT2D eigenvalue weighted by Crippen LogP contribution is 2.01. The quantitative estimate of drug-likeness (QED) is 0.656. The van der Waals surface area contributed by atoms with Gasteiger partial charge in [0.2, 0.25) is 5.91 Å². The van der Waals surface area contributed by atoms with Gasteiger partial charge in [0.1, 0.15) is 0 Å². The van der Waals surface area contributed by atoms with E-state index >= 15 is 0 Å². The number of carbonyl (C=O) groups excluding carboxylic acids is 1. The second-order valence-electron chi connectivity index (χ2n) is 3.68. The van der Waals surface area contributed by atoms with Crippen LogP contribution in [0.15, 0.2) is 0 Å². The van der Waals surface area contributed by atoms with Crippen LogP contribution < -0.4 is 5.32 Å². The Kier molecular flexibility index (Phi) is 5.16. The molecule has 4 heteroatoms. The van der Waals surface area contributed by atoms with Gasteiger partial charge >= 0.3 is 0 Å². The molecular formula is C11H18N2O2. The van der Waals surface area contributed by atoms with Crippen LogP contribution in [-0.4, -0.2) is 50.2 Å². The van der Waals surface area contributed by atoms with E-state index in [4.69, 9.17) is 11.2 Å². The Morgan fingerprint density at radius 2 is 2.53 bits per heavy atom. The first-order valence-corrected chi connectivity index (χ1v) is 5.23. The van der Waals surface area contributed by atoms with Gasteiger partial charge in [-0.3, -0.25) is 4.79 Å². The van der Waals surface area contributed by atoms with E-state index in [0.29, 0.717) is 19.4 Å². The molecule has 0 saturated carbocycles. The minimum Gasteiger partial charge on any atom is -0.374 e. The molecule has 0 spiro atoms. The van der Waals surface area contributed by atoms with Gasteiger partial charge in [0.05, 0.1) is 12.7 Å². The Balaban J connectivity index is 2.24. The van der Waals surface area contributed by atoms with Gasteiger partial charge < -0.3 is 15.0 Å². The smallest absolute Gasteiger partial charge is 0.223 e. The monoisotopic (exact) mass is 210 g/mol. The lowest BCUT2D eigenvalue weighted by Crippen LogP contribution is -2.45. The van der Waals surface area contributed by atoms with Gasteiger partial charge in [-0.2, -0.15) is 0 Å². The molecule has 1 aliphatic rings. The number of nitrogens with one attached hydrogen (secondary N) is 1. The van der Waals surface area contributed by atoms with Crippen molar-refractivity contribution in [3.63, 3.8) is 0 Å². The summed E-state index contributed by atoms with van der Waals surface area (Å²) < 4.78 is 5.51. The second-order valence-corrected chi connectivity index (χ2v) is 3.68. The third kappa shape index (κ3) is 4.32. The number of rotatable bonds is 4. The largest absolute Gasteiger partial charge is 0.374 e. The van der Waals surface area contributed by atoms with Gasteiger partial charge in [0.25, 0.3) is 0 Å². The number of ether oxygens (including phenoxy) is 1. The van der Waals surface area contributed by atoms with Crippen molar-refractivity contribution in [2.75, 3.05) is 33.3 Å². The van der Waals surface area contributed by atoms with Crippen LogP contribution in [0, 0.1) is 12.3 Å². The maximum absolute atomic E-state index is 11.5. The van der Waals surface area contributed by atoms with Gasteiger partial charge in [0.15, 0.2) is 0 Å². The number of carbonyl (C=O) groups is 1. The van der Waals surface area contributed by atoms with Crippen LogP contribution >= 0.6 is 0 Å². The van der Waals surface area contributed by atoms with Gasteiger partial charge in [-0.15, -0.1) is 12.3 Å². The van der Waals surface area contributed by atoms with Gasteiger partial charge in [-0.05, 0) is 0 Å². The van der Waals surface area contributed by atoms with Crippen LogP contribution in [0.4, 0.5) is 0 Å². The summed E-state index contributed by atoms with van der Waals surface area (Å²) in [7, 11) is 1.79. The summed E-state index contributed by atoms with van der Waals surface area (Å²) in [4.78, 5) is 13.2. The number of terminal acetylenes is 1. The minimum atomic E-state index is 0.0853.